The molecule has 1 aliphatic carbocycles. The SMILES string of the molecule is COC1CCCC(Nc2cnc(Cl)c(Br)c2)C1. The fraction of sp³-hybridized carbons (Fsp3) is 0.583. The van der Waals surface area contributed by atoms with Gasteiger partial charge in [0.25, 0.3) is 0 Å². The van der Waals surface area contributed by atoms with E-state index in [1.54, 1.807) is 13.3 Å². The molecule has 1 N–H and O–H groups in total. The van der Waals surface area contributed by atoms with Gasteiger partial charge in [-0.1, -0.05) is 11.6 Å². The Labute approximate surface area is 115 Å². The number of rotatable bonds is 3. The molecule has 17 heavy (non-hydrogen) atoms. The monoisotopic (exact) mass is 318 g/mol. The summed E-state index contributed by atoms with van der Waals surface area (Å²) in [7, 11) is 1.79. The van der Waals surface area contributed by atoms with Gasteiger partial charge in [0.15, 0.2) is 0 Å². The lowest BCUT2D eigenvalue weighted by Crippen LogP contribution is -2.31. The summed E-state index contributed by atoms with van der Waals surface area (Å²) in [5.74, 6) is 0. The number of hydrogen-bond acceptors (Lipinski definition) is 3. The average molecular weight is 320 g/mol. The van der Waals surface area contributed by atoms with Crippen LogP contribution >= 0.6 is 27.5 Å². The summed E-state index contributed by atoms with van der Waals surface area (Å²) in [6.07, 6.45) is 6.75. The maximum absolute atomic E-state index is 5.86. The largest absolute Gasteiger partial charge is 0.381 e. The van der Waals surface area contributed by atoms with E-state index in [4.69, 9.17) is 16.3 Å². The lowest BCUT2D eigenvalue weighted by atomic mass is 9.93. The van der Waals surface area contributed by atoms with E-state index in [2.05, 4.69) is 26.2 Å². The minimum atomic E-state index is 0.380. The molecule has 5 heteroatoms. The summed E-state index contributed by atoms with van der Waals surface area (Å²) in [5, 5.41) is 3.98. The molecule has 0 radical (unpaired) electrons. The van der Waals surface area contributed by atoms with Gasteiger partial charge in [0.2, 0.25) is 0 Å². The summed E-state index contributed by atoms with van der Waals surface area (Å²) in [5.41, 5.74) is 1.00. The lowest BCUT2D eigenvalue weighted by Gasteiger charge is -2.29. The van der Waals surface area contributed by atoms with Crippen LogP contribution in [-0.4, -0.2) is 24.2 Å². The number of anilines is 1. The van der Waals surface area contributed by atoms with Crippen LogP contribution in [-0.2, 0) is 4.74 Å². The zero-order valence-electron chi connectivity index (χ0n) is 9.75. The molecule has 1 aromatic rings. The first-order valence-electron chi connectivity index (χ1n) is 5.79. The predicted octanol–water partition coefficient (Wildman–Crippen LogP) is 3.87. The highest BCUT2D eigenvalue weighted by Crippen LogP contribution is 2.27. The van der Waals surface area contributed by atoms with Crippen LogP contribution in [0, 0.1) is 0 Å². The first kappa shape index (κ1) is 13.1. The van der Waals surface area contributed by atoms with Crippen LogP contribution in [0.15, 0.2) is 16.7 Å². The molecule has 0 spiro atoms. The van der Waals surface area contributed by atoms with E-state index in [9.17, 15) is 0 Å². The standard InChI is InChI=1S/C12H16BrClN2O/c1-17-10-4-2-3-8(5-10)16-9-6-11(13)12(14)15-7-9/h6-8,10,16H,2-5H2,1H3. The summed E-state index contributed by atoms with van der Waals surface area (Å²) < 4.78 is 6.24. The minimum absolute atomic E-state index is 0.380. The highest BCUT2D eigenvalue weighted by molar-refractivity contribution is 9.10. The van der Waals surface area contributed by atoms with Gasteiger partial charge in [-0.3, -0.25) is 0 Å². The fourth-order valence-corrected chi connectivity index (χ4v) is 2.68. The summed E-state index contributed by atoms with van der Waals surface area (Å²) in [6, 6.07) is 2.43. The van der Waals surface area contributed by atoms with Gasteiger partial charge in [-0.25, -0.2) is 4.98 Å². The van der Waals surface area contributed by atoms with E-state index in [0.29, 0.717) is 17.3 Å². The predicted molar refractivity (Wildman–Crippen MR) is 73.6 cm³/mol. The van der Waals surface area contributed by atoms with Crippen molar-refractivity contribution in [2.24, 2.45) is 0 Å². The first-order chi connectivity index (χ1) is 8.19. The summed E-state index contributed by atoms with van der Waals surface area (Å²) in [6.45, 7) is 0. The molecule has 2 atom stereocenters. The second-order valence-electron chi connectivity index (χ2n) is 4.36. The minimum Gasteiger partial charge on any atom is -0.381 e. The summed E-state index contributed by atoms with van der Waals surface area (Å²) in [4.78, 5) is 4.11. The molecular weight excluding hydrogens is 304 g/mol. The molecule has 1 heterocycles. The van der Waals surface area contributed by atoms with Gasteiger partial charge in [-0.2, -0.15) is 0 Å². The Kier molecular flexibility index (Phi) is 4.65. The van der Waals surface area contributed by atoms with Crippen molar-refractivity contribution >= 4 is 33.2 Å². The molecule has 2 rings (SSSR count). The Balaban J connectivity index is 1.97. The molecule has 0 aliphatic heterocycles. The highest BCUT2D eigenvalue weighted by Gasteiger charge is 2.21. The van der Waals surface area contributed by atoms with E-state index < -0.39 is 0 Å². The van der Waals surface area contributed by atoms with Crippen molar-refractivity contribution in [3.05, 3.63) is 21.9 Å². The van der Waals surface area contributed by atoms with Crippen molar-refractivity contribution in [3.63, 3.8) is 0 Å². The molecule has 1 aliphatic rings. The van der Waals surface area contributed by atoms with E-state index in [1.807, 2.05) is 6.07 Å². The number of halogens is 2. The Morgan fingerprint density at radius 2 is 2.35 bits per heavy atom. The number of pyridine rings is 1. The Morgan fingerprint density at radius 3 is 3.06 bits per heavy atom. The van der Waals surface area contributed by atoms with Crippen LogP contribution in [0.3, 0.4) is 0 Å². The second-order valence-corrected chi connectivity index (χ2v) is 5.57. The zero-order chi connectivity index (χ0) is 12.3. The van der Waals surface area contributed by atoms with Gasteiger partial charge in [0.1, 0.15) is 5.15 Å². The van der Waals surface area contributed by atoms with Gasteiger partial charge in [0.05, 0.1) is 22.5 Å². The maximum atomic E-state index is 5.86. The van der Waals surface area contributed by atoms with Gasteiger partial charge in [0, 0.05) is 13.2 Å². The van der Waals surface area contributed by atoms with Crippen molar-refractivity contribution in [1.82, 2.24) is 4.98 Å². The van der Waals surface area contributed by atoms with E-state index in [1.165, 1.54) is 12.8 Å². The van der Waals surface area contributed by atoms with Crippen LogP contribution in [0.25, 0.3) is 0 Å². The molecule has 0 bridgehead atoms. The molecule has 0 saturated heterocycles. The first-order valence-corrected chi connectivity index (χ1v) is 6.96. The van der Waals surface area contributed by atoms with Crippen LogP contribution in [0.5, 0.6) is 0 Å². The van der Waals surface area contributed by atoms with Crippen molar-refractivity contribution in [1.29, 1.82) is 0 Å². The fourth-order valence-electron chi connectivity index (χ4n) is 2.23. The van der Waals surface area contributed by atoms with Gasteiger partial charge >= 0.3 is 0 Å². The second kappa shape index (κ2) is 6.03. The Bertz CT molecular complexity index is 389. The molecular formula is C12H16BrClN2O. The van der Waals surface area contributed by atoms with Gasteiger partial charge < -0.3 is 10.1 Å². The molecule has 1 saturated carbocycles. The summed E-state index contributed by atoms with van der Waals surface area (Å²) >= 11 is 9.24. The normalized spacial score (nSPS) is 24.6. The van der Waals surface area contributed by atoms with Crippen molar-refractivity contribution in [3.8, 4) is 0 Å². The van der Waals surface area contributed by atoms with Gasteiger partial charge in [-0.05, 0) is 47.7 Å². The molecule has 0 amide bonds. The zero-order valence-corrected chi connectivity index (χ0v) is 12.1. The molecule has 2 unspecified atom stereocenters. The van der Waals surface area contributed by atoms with E-state index in [0.717, 1.165) is 23.0 Å². The molecule has 1 aromatic heterocycles. The van der Waals surface area contributed by atoms with Gasteiger partial charge in [-0.15, -0.1) is 0 Å². The third-order valence-electron chi connectivity index (χ3n) is 3.13. The number of nitrogens with zero attached hydrogens (tertiary/aromatic N) is 1. The van der Waals surface area contributed by atoms with E-state index in [-0.39, 0.29) is 0 Å². The maximum Gasteiger partial charge on any atom is 0.143 e. The third kappa shape index (κ3) is 3.57. The topological polar surface area (TPSA) is 34.1 Å². The van der Waals surface area contributed by atoms with Crippen molar-refractivity contribution < 1.29 is 4.74 Å². The number of methoxy groups -OCH3 is 1. The Morgan fingerprint density at radius 1 is 1.53 bits per heavy atom. The quantitative estimate of drug-likeness (QED) is 0.859. The lowest BCUT2D eigenvalue weighted by molar-refractivity contribution is 0.0669. The van der Waals surface area contributed by atoms with Crippen molar-refractivity contribution in [2.75, 3.05) is 12.4 Å². The highest BCUT2D eigenvalue weighted by atomic mass is 79.9. The van der Waals surface area contributed by atoms with Crippen LogP contribution < -0.4 is 5.32 Å². The number of hydrogen-bond donors (Lipinski definition) is 1. The molecule has 0 aromatic carbocycles. The molecule has 3 nitrogen and oxygen atoms in total. The Hall–Kier alpha value is -0.320. The van der Waals surface area contributed by atoms with E-state index >= 15 is 0 Å². The van der Waals surface area contributed by atoms with Crippen LogP contribution in [0.4, 0.5) is 5.69 Å². The number of ether oxygens (including phenoxy) is 1. The smallest absolute Gasteiger partial charge is 0.143 e. The van der Waals surface area contributed by atoms with Crippen LogP contribution in [0.2, 0.25) is 5.15 Å². The number of aromatic nitrogens is 1. The molecule has 94 valence electrons. The van der Waals surface area contributed by atoms with Crippen molar-refractivity contribution in [2.45, 2.75) is 37.8 Å². The van der Waals surface area contributed by atoms with Crippen LogP contribution in [0.1, 0.15) is 25.7 Å². The third-order valence-corrected chi connectivity index (χ3v) is 4.26. The number of nitrogens with one attached hydrogen (secondary N) is 1. The average Bonchev–Trinajstić information content (AvgIpc) is 2.34. The molecule has 1 fully saturated rings.